The molecule has 7 heteroatoms. The predicted molar refractivity (Wildman–Crippen MR) is 94.7 cm³/mol. The zero-order valence-electron chi connectivity index (χ0n) is 14.2. The first kappa shape index (κ1) is 16.7. The molecule has 0 spiro atoms. The van der Waals surface area contributed by atoms with Crippen LogP contribution in [-0.4, -0.2) is 38.7 Å². The maximum Gasteiger partial charge on any atom is 0.246 e. The number of piperidine rings is 1. The number of nitrogens with zero attached hydrogens (tertiary/aromatic N) is 3. The quantitative estimate of drug-likeness (QED) is 0.865. The molecule has 2 N–H and O–H groups in total. The summed E-state index contributed by atoms with van der Waals surface area (Å²) in [5.41, 5.74) is 7.22. The summed E-state index contributed by atoms with van der Waals surface area (Å²) in [5, 5.41) is 0. The van der Waals surface area contributed by atoms with Crippen molar-refractivity contribution < 1.29 is 9.59 Å². The standard InChI is InChI=1S/C17H22N4O2S/c1-10-4-5-13(16(18)23)9-20(10)15(22)7-6-14-12(3)19-17-21(14)8-11(2)24-17/h6-8,10,13H,4-5,9H2,1-3H3,(H2,18,23)/b7-6-/t10-,13+/m0/s1. The van der Waals surface area contributed by atoms with Gasteiger partial charge < -0.3 is 10.6 Å². The van der Waals surface area contributed by atoms with E-state index < -0.39 is 0 Å². The van der Waals surface area contributed by atoms with E-state index >= 15 is 0 Å². The maximum atomic E-state index is 12.6. The van der Waals surface area contributed by atoms with Crippen LogP contribution in [-0.2, 0) is 9.59 Å². The normalized spacial score (nSPS) is 21.7. The Kier molecular flexibility index (Phi) is 4.45. The number of hydrogen-bond acceptors (Lipinski definition) is 4. The number of aryl methyl sites for hydroxylation is 2. The fraction of sp³-hybridized carbons (Fsp3) is 0.471. The molecule has 3 rings (SSSR count). The first-order valence-corrected chi connectivity index (χ1v) is 8.91. The second kappa shape index (κ2) is 6.39. The molecule has 0 aliphatic carbocycles. The van der Waals surface area contributed by atoms with Crippen molar-refractivity contribution in [2.75, 3.05) is 6.54 Å². The Morgan fingerprint density at radius 2 is 2.12 bits per heavy atom. The van der Waals surface area contributed by atoms with Gasteiger partial charge in [-0.05, 0) is 39.7 Å². The van der Waals surface area contributed by atoms with E-state index in [1.807, 2.05) is 37.4 Å². The molecule has 1 aliphatic rings. The number of carbonyl (C=O) groups excluding carboxylic acids is 2. The fourth-order valence-electron chi connectivity index (χ4n) is 3.17. The molecule has 0 bridgehead atoms. The smallest absolute Gasteiger partial charge is 0.246 e. The molecule has 2 aromatic heterocycles. The van der Waals surface area contributed by atoms with Crippen LogP contribution in [0.2, 0.25) is 0 Å². The molecule has 24 heavy (non-hydrogen) atoms. The average molecular weight is 346 g/mol. The molecule has 0 aromatic carbocycles. The Morgan fingerprint density at radius 3 is 2.83 bits per heavy atom. The number of aromatic nitrogens is 2. The van der Waals surface area contributed by atoms with Crippen LogP contribution in [0, 0.1) is 19.8 Å². The molecule has 0 saturated carbocycles. The van der Waals surface area contributed by atoms with Crippen molar-refractivity contribution in [2.45, 2.75) is 39.7 Å². The summed E-state index contributed by atoms with van der Waals surface area (Å²) in [6.45, 7) is 6.38. The van der Waals surface area contributed by atoms with Gasteiger partial charge in [-0.25, -0.2) is 4.98 Å². The first-order valence-electron chi connectivity index (χ1n) is 8.10. The number of imidazole rings is 1. The van der Waals surface area contributed by atoms with Crippen LogP contribution in [0.4, 0.5) is 0 Å². The number of carbonyl (C=O) groups is 2. The Hall–Kier alpha value is -2.15. The van der Waals surface area contributed by atoms with E-state index in [0.717, 1.165) is 29.2 Å². The molecule has 6 nitrogen and oxygen atoms in total. The molecule has 2 atom stereocenters. The van der Waals surface area contributed by atoms with E-state index in [9.17, 15) is 9.59 Å². The van der Waals surface area contributed by atoms with Crippen LogP contribution in [0.5, 0.6) is 0 Å². The van der Waals surface area contributed by atoms with E-state index in [1.165, 1.54) is 4.88 Å². The zero-order valence-corrected chi connectivity index (χ0v) is 15.0. The van der Waals surface area contributed by atoms with Gasteiger partial charge in [0.15, 0.2) is 4.96 Å². The van der Waals surface area contributed by atoms with Crippen molar-refractivity contribution in [1.82, 2.24) is 14.3 Å². The number of hydrogen-bond donors (Lipinski definition) is 1. The number of fused-ring (bicyclic) bond motifs is 1. The Balaban J connectivity index is 1.81. The van der Waals surface area contributed by atoms with Gasteiger partial charge in [0.2, 0.25) is 11.8 Å². The molecule has 128 valence electrons. The van der Waals surface area contributed by atoms with Gasteiger partial charge in [0.05, 0.1) is 17.3 Å². The van der Waals surface area contributed by atoms with E-state index in [4.69, 9.17) is 5.73 Å². The van der Waals surface area contributed by atoms with E-state index in [1.54, 1.807) is 22.3 Å². The zero-order chi connectivity index (χ0) is 17.4. The largest absolute Gasteiger partial charge is 0.369 e. The molecule has 0 unspecified atom stereocenters. The molecule has 2 aromatic rings. The molecule has 0 radical (unpaired) electrons. The van der Waals surface area contributed by atoms with Gasteiger partial charge in [0.25, 0.3) is 0 Å². The van der Waals surface area contributed by atoms with E-state index in [0.29, 0.717) is 6.54 Å². The monoisotopic (exact) mass is 346 g/mol. The average Bonchev–Trinajstić information content (AvgIpc) is 3.00. The SMILES string of the molecule is Cc1cn2c(/C=C\C(=O)N3C[C@H](C(N)=O)CC[C@@H]3C)c(C)nc2s1. The third kappa shape index (κ3) is 3.08. The second-order valence-corrected chi connectivity index (χ2v) is 7.64. The molecule has 1 saturated heterocycles. The minimum Gasteiger partial charge on any atom is -0.369 e. The lowest BCUT2D eigenvalue weighted by molar-refractivity contribution is -0.133. The van der Waals surface area contributed by atoms with Gasteiger partial charge in [0, 0.05) is 29.7 Å². The third-order valence-corrected chi connectivity index (χ3v) is 5.51. The van der Waals surface area contributed by atoms with Crippen molar-refractivity contribution in [3.8, 4) is 0 Å². The third-order valence-electron chi connectivity index (χ3n) is 4.61. The highest BCUT2D eigenvalue weighted by Gasteiger charge is 2.30. The Labute approximate surface area is 145 Å². The molecule has 1 fully saturated rings. The summed E-state index contributed by atoms with van der Waals surface area (Å²) in [4.78, 5) is 32.4. The first-order chi connectivity index (χ1) is 11.4. The highest BCUT2D eigenvalue weighted by atomic mass is 32.1. The van der Waals surface area contributed by atoms with E-state index in [2.05, 4.69) is 4.98 Å². The molecule has 1 aliphatic heterocycles. The van der Waals surface area contributed by atoms with Crippen molar-refractivity contribution >= 4 is 34.2 Å². The summed E-state index contributed by atoms with van der Waals surface area (Å²) in [7, 11) is 0. The summed E-state index contributed by atoms with van der Waals surface area (Å²) >= 11 is 1.62. The number of rotatable bonds is 3. The van der Waals surface area contributed by atoms with Gasteiger partial charge >= 0.3 is 0 Å². The highest BCUT2D eigenvalue weighted by molar-refractivity contribution is 7.17. The second-order valence-electron chi connectivity index (χ2n) is 6.43. The lowest BCUT2D eigenvalue weighted by atomic mass is 9.93. The summed E-state index contributed by atoms with van der Waals surface area (Å²) in [5.74, 6) is -0.665. The summed E-state index contributed by atoms with van der Waals surface area (Å²) in [6, 6.07) is 0.118. The molecule has 2 amide bonds. The Bertz CT molecular complexity index is 820. The number of thiazole rings is 1. The van der Waals surface area contributed by atoms with Gasteiger partial charge in [-0.3, -0.25) is 14.0 Å². The minimum atomic E-state index is -0.328. The predicted octanol–water partition coefficient (Wildman–Crippen LogP) is 2.14. The maximum absolute atomic E-state index is 12.6. The van der Waals surface area contributed by atoms with E-state index in [-0.39, 0.29) is 23.8 Å². The summed E-state index contributed by atoms with van der Waals surface area (Å²) in [6.07, 6.45) is 6.96. The topological polar surface area (TPSA) is 80.7 Å². The number of likely N-dealkylation sites (tertiary alicyclic amines) is 1. The lowest BCUT2D eigenvalue weighted by Gasteiger charge is -2.36. The van der Waals surface area contributed by atoms with Crippen LogP contribution in [0.25, 0.3) is 11.0 Å². The van der Waals surface area contributed by atoms with Gasteiger partial charge in [0.1, 0.15) is 0 Å². The number of amides is 2. The molecular weight excluding hydrogens is 324 g/mol. The lowest BCUT2D eigenvalue weighted by Crippen LogP contribution is -2.48. The van der Waals surface area contributed by atoms with Crippen LogP contribution >= 0.6 is 11.3 Å². The van der Waals surface area contributed by atoms with Gasteiger partial charge in [-0.1, -0.05) is 0 Å². The van der Waals surface area contributed by atoms with Crippen molar-refractivity contribution in [3.05, 3.63) is 28.5 Å². The van der Waals surface area contributed by atoms with Gasteiger partial charge in [-0.15, -0.1) is 11.3 Å². The van der Waals surface area contributed by atoms with Crippen molar-refractivity contribution in [1.29, 1.82) is 0 Å². The van der Waals surface area contributed by atoms with Crippen LogP contribution in [0.3, 0.4) is 0 Å². The van der Waals surface area contributed by atoms with Crippen molar-refractivity contribution in [3.63, 3.8) is 0 Å². The minimum absolute atomic E-state index is 0.0882. The van der Waals surface area contributed by atoms with Crippen molar-refractivity contribution in [2.24, 2.45) is 11.7 Å². The number of nitrogens with two attached hydrogens (primary N) is 1. The van der Waals surface area contributed by atoms with Crippen LogP contribution in [0.15, 0.2) is 12.3 Å². The molecular formula is C17H22N4O2S. The summed E-state index contributed by atoms with van der Waals surface area (Å²) < 4.78 is 2.00. The van der Waals surface area contributed by atoms with Crippen LogP contribution in [0.1, 0.15) is 36.0 Å². The van der Waals surface area contributed by atoms with Gasteiger partial charge in [-0.2, -0.15) is 0 Å². The Morgan fingerprint density at radius 1 is 1.38 bits per heavy atom. The fourth-order valence-corrected chi connectivity index (χ4v) is 4.05. The molecule has 3 heterocycles. The highest BCUT2D eigenvalue weighted by Crippen LogP contribution is 2.24. The number of primary amides is 1. The van der Waals surface area contributed by atoms with Crippen LogP contribution < -0.4 is 5.73 Å².